The molecule has 0 atom stereocenters. The molecule has 0 unspecified atom stereocenters. The Balaban J connectivity index is 2.15. The molecule has 0 bridgehead atoms. The van der Waals surface area contributed by atoms with Gasteiger partial charge in [0.05, 0.1) is 0 Å². The molecule has 0 N–H and O–H groups in total. The number of hydrogen-bond donors (Lipinski definition) is 0. The van der Waals surface area contributed by atoms with Crippen LogP contribution in [0.1, 0.15) is 12.8 Å². The molecule has 0 aliphatic heterocycles. The van der Waals surface area contributed by atoms with E-state index in [4.69, 9.17) is 16.3 Å². The molecule has 0 aromatic carbocycles. The van der Waals surface area contributed by atoms with Crippen molar-refractivity contribution in [3.8, 4) is 5.88 Å². The van der Waals surface area contributed by atoms with Crippen LogP contribution in [0.3, 0.4) is 0 Å². The third-order valence-corrected chi connectivity index (χ3v) is 1.82. The van der Waals surface area contributed by atoms with Gasteiger partial charge in [0.2, 0.25) is 5.88 Å². The van der Waals surface area contributed by atoms with Gasteiger partial charge in [0.1, 0.15) is 11.1 Å². The van der Waals surface area contributed by atoms with Crippen molar-refractivity contribution in [1.82, 2.24) is 4.98 Å². The van der Waals surface area contributed by atoms with E-state index in [1.807, 2.05) is 0 Å². The Morgan fingerprint density at radius 1 is 1.55 bits per heavy atom. The number of aromatic nitrogens is 1. The molecule has 1 fully saturated rings. The number of nitrogens with zero attached hydrogens (tertiary/aromatic N) is 1. The highest BCUT2D eigenvalue weighted by atomic mass is 35.5. The minimum absolute atomic E-state index is 0.363. The first-order valence-electron chi connectivity index (χ1n) is 3.63. The van der Waals surface area contributed by atoms with Crippen LogP contribution in [0.25, 0.3) is 0 Å². The second-order valence-corrected chi connectivity index (χ2v) is 3.01. The monoisotopic (exact) mass is 169 g/mol. The second-order valence-electron chi connectivity index (χ2n) is 2.61. The topological polar surface area (TPSA) is 22.1 Å². The lowest BCUT2D eigenvalue weighted by Crippen LogP contribution is -1.97. The highest BCUT2D eigenvalue weighted by Gasteiger charge is 2.24. The molecular weight excluding hydrogens is 162 g/mol. The number of pyridine rings is 1. The van der Waals surface area contributed by atoms with Crippen LogP contribution in [-0.4, -0.2) is 11.1 Å². The smallest absolute Gasteiger partial charge is 0.232 e. The molecule has 0 amide bonds. The van der Waals surface area contributed by atoms with Gasteiger partial charge in [-0.25, -0.2) is 4.98 Å². The molecule has 1 aromatic rings. The molecular formula is C8H8ClNO. The van der Waals surface area contributed by atoms with Crippen LogP contribution in [-0.2, 0) is 0 Å². The fourth-order valence-corrected chi connectivity index (χ4v) is 0.968. The summed E-state index contributed by atoms with van der Waals surface area (Å²) in [4.78, 5) is 4.00. The largest absolute Gasteiger partial charge is 0.473 e. The molecule has 11 heavy (non-hydrogen) atoms. The van der Waals surface area contributed by atoms with E-state index < -0.39 is 0 Å². The average molecular weight is 170 g/mol. The lowest BCUT2D eigenvalue weighted by molar-refractivity contribution is 0.291. The van der Waals surface area contributed by atoms with Crippen molar-refractivity contribution >= 4 is 11.6 Å². The van der Waals surface area contributed by atoms with Gasteiger partial charge in [-0.2, -0.15) is 0 Å². The highest BCUT2D eigenvalue weighted by molar-refractivity contribution is 6.31. The predicted octanol–water partition coefficient (Wildman–Crippen LogP) is 2.28. The summed E-state index contributed by atoms with van der Waals surface area (Å²) in [5.41, 5.74) is 0. The quantitative estimate of drug-likeness (QED) is 0.678. The zero-order chi connectivity index (χ0) is 7.68. The number of rotatable bonds is 2. The van der Waals surface area contributed by atoms with Crippen molar-refractivity contribution in [2.45, 2.75) is 18.9 Å². The molecule has 2 nitrogen and oxygen atoms in total. The fourth-order valence-electron chi connectivity index (χ4n) is 0.802. The SMILES string of the molecule is Clc1cccnc1OC1CC1. The Hall–Kier alpha value is -0.760. The maximum Gasteiger partial charge on any atom is 0.232 e. The van der Waals surface area contributed by atoms with Gasteiger partial charge in [-0.3, -0.25) is 0 Å². The van der Waals surface area contributed by atoms with Crippen LogP contribution in [0, 0.1) is 0 Å². The summed E-state index contributed by atoms with van der Waals surface area (Å²) in [6.45, 7) is 0. The van der Waals surface area contributed by atoms with E-state index >= 15 is 0 Å². The van der Waals surface area contributed by atoms with Crippen molar-refractivity contribution in [1.29, 1.82) is 0 Å². The summed E-state index contributed by atoms with van der Waals surface area (Å²) in [7, 11) is 0. The average Bonchev–Trinajstić information content (AvgIpc) is 2.78. The van der Waals surface area contributed by atoms with Gasteiger partial charge < -0.3 is 4.74 Å². The van der Waals surface area contributed by atoms with Gasteiger partial charge in [0, 0.05) is 6.20 Å². The van der Waals surface area contributed by atoms with Crippen LogP contribution < -0.4 is 4.74 Å². The lowest BCUT2D eigenvalue weighted by atomic mass is 10.5. The van der Waals surface area contributed by atoms with Crippen molar-refractivity contribution in [2.24, 2.45) is 0 Å². The molecule has 1 heterocycles. The van der Waals surface area contributed by atoms with Crippen LogP contribution in [0.5, 0.6) is 5.88 Å². The van der Waals surface area contributed by atoms with E-state index in [-0.39, 0.29) is 0 Å². The molecule has 0 saturated heterocycles. The molecule has 0 spiro atoms. The third kappa shape index (κ3) is 1.63. The van der Waals surface area contributed by atoms with E-state index in [9.17, 15) is 0 Å². The summed E-state index contributed by atoms with van der Waals surface area (Å²) in [5, 5.41) is 0.597. The summed E-state index contributed by atoms with van der Waals surface area (Å²) < 4.78 is 5.41. The first kappa shape index (κ1) is 6.92. The summed E-state index contributed by atoms with van der Waals surface area (Å²) >= 11 is 5.81. The van der Waals surface area contributed by atoms with E-state index in [1.165, 1.54) is 0 Å². The van der Waals surface area contributed by atoms with E-state index in [0.29, 0.717) is 17.0 Å². The van der Waals surface area contributed by atoms with Crippen molar-refractivity contribution < 1.29 is 4.74 Å². The minimum atomic E-state index is 0.363. The predicted molar refractivity (Wildman–Crippen MR) is 42.9 cm³/mol. The van der Waals surface area contributed by atoms with E-state index in [0.717, 1.165) is 12.8 Å². The molecule has 2 rings (SSSR count). The van der Waals surface area contributed by atoms with Crippen molar-refractivity contribution in [2.75, 3.05) is 0 Å². The summed E-state index contributed by atoms with van der Waals surface area (Å²) in [6.07, 6.45) is 4.31. The van der Waals surface area contributed by atoms with Crippen molar-refractivity contribution in [3.63, 3.8) is 0 Å². The lowest BCUT2D eigenvalue weighted by Gasteiger charge is -2.02. The van der Waals surface area contributed by atoms with Gasteiger partial charge in [-0.05, 0) is 25.0 Å². The second kappa shape index (κ2) is 2.70. The molecule has 3 heteroatoms. The normalized spacial score (nSPS) is 16.5. The van der Waals surface area contributed by atoms with Gasteiger partial charge >= 0.3 is 0 Å². The Bertz CT molecular complexity index is 260. The van der Waals surface area contributed by atoms with Gasteiger partial charge in [0.15, 0.2) is 0 Å². The maximum atomic E-state index is 5.81. The first-order valence-corrected chi connectivity index (χ1v) is 4.01. The first-order chi connectivity index (χ1) is 5.36. The third-order valence-electron chi connectivity index (χ3n) is 1.53. The van der Waals surface area contributed by atoms with Gasteiger partial charge in [0.25, 0.3) is 0 Å². The Kier molecular flexibility index (Phi) is 1.70. The number of hydrogen-bond acceptors (Lipinski definition) is 2. The molecule has 1 aromatic heterocycles. The summed E-state index contributed by atoms with van der Waals surface area (Å²) in [5.74, 6) is 0.566. The maximum absolute atomic E-state index is 5.81. The number of halogens is 1. The zero-order valence-corrected chi connectivity index (χ0v) is 6.71. The zero-order valence-electron chi connectivity index (χ0n) is 5.96. The minimum Gasteiger partial charge on any atom is -0.473 e. The van der Waals surface area contributed by atoms with E-state index in [1.54, 1.807) is 18.3 Å². The Morgan fingerprint density at radius 3 is 3.00 bits per heavy atom. The van der Waals surface area contributed by atoms with Gasteiger partial charge in [-0.15, -0.1) is 0 Å². The molecule has 1 aliphatic rings. The molecule has 1 aliphatic carbocycles. The van der Waals surface area contributed by atoms with Crippen LogP contribution in [0.2, 0.25) is 5.02 Å². The van der Waals surface area contributed by atoms with Crippen LogP contribution in [0.15, 0.2) is 18.3 Å². The Labute approximate surface area is 70.2 Å². The Morgan fingerprint density at radius 2 is 2.36 bits per heavy atom. The highest BCUT2D eigenvalue weighted by Crippen LogP contribution is 2.29. The van der Waals surface area contributed by atoms with E-state index in [2.05, 4.69) is 4.98 Å². The standard InChI is InChI=1S/C8H8ClNO/c9-7-2-1-5-10-8(7)11-6-3-4-6/h1-2,5-6H,3-4H2. The molecule has 1 saturated carbocycles. The van der Waals surface area contributed by atoms with Gasteiger partial charge in [-0.1, -0.05) is 11.6 Å². The summed E-state index contributed by atoms with van der Waals surface area (Å²) in [6, 6.07) is 3.58. The molecule has 58 valence electrons. The van der Waals surface area contributed by atoms with Crippen LogP contribution in [0.4, 0.5) is 0 Å². The molecule has 0 radical (unpaired) electrons. The van der Waals surface area contributed by atoms with Crippen LogP contribution >= 0.6 is 11.6 Å². The number of ether oxygens (including phenoxy) is 1. The fraction of sp³-hybridized carbons (Fsp3) is 0.375. The van der Waals surface area contributed by atoms with Crippen molar-refractivity contribution in [3.05, 3.63) is 23.4 Å².